The number of benzene rings is 2. The second-order valence-corrected chi connectivity index (χ2v) is 7.28. The minimum Gasteiger partial charge on any atom is -0.366 e. The van der Waals surface area contributed by atoms with Crippen LogP contribution in [0.25, 0.3) is 0 Å². The van der Waals surface area contributed by atoms with Crippen molar-refractivity contribution < 1.29 is 0 Å². The van der Waals surface area contributed by atoms with Crippen molar-refractivity contribution in [1.29, 1.82) is 0 Å². The molecule has 1 aliphatic heterocycles. The lowest BCUT2D eigenvalue weighted by molar-refractivity contribution is 0.248. The van der Waals surface area contributed by atoms with Crippen LogP contribution in [0.1, 0.15) is 16.8 Å². The minimum atomic E-state index is 0.765. The van der Waals surface area contributed by atoms with Gasteiger partial charge in [0.25, 0.3) is 0 Å². The molecule has 2 aromatic carbocycles. The average molecular weight is 374 g/mol. The van der Waals surface area contributed by atoms with Crippen molar-refractivity contribution in [3.8, 4) is 0 Å². The molecule has 4 rings (SSSR count). The summed E-state index contributed by atoms with van der Waals surface area (Å²) in [5.41, 5.74) is 3.61. The Labute approximate surface area is 167 Å². The van der Waals surface area contributed by atoms with E-state index in [1.54, 1.807) is 0 Å². The van der Waals surface area contributed by atoms with Gasteiger partial charge < -0.3 is 10.2 Å². The molecule has 0 aliphatic carbocycles. The van der Waals surface area contributed by atoms with Crippen molar-refractivity contribution in [2.45, 2.75) is 20.0 Å². The normalized spacial score (nSPS) is 14.8. The maximum Gasteiger partial charge on any atom is 0.227 e. The molecule has 144 valence electrons. The largest absolute Gasteiger partial charge is 0.366 e. The Bertz CT molecular complexity index is 874. The Kier molecular flexibility index (Phi) is 5.83. The highest BCUT2D eigenvalue weighted by atomic mass is 15.3. The molecule has 1 aliphatic rings. The molecular weight excluding hydrogens is 346 g/mol. The zero-order valence-electron chi connectivity index (χ0n) is 16.4. The number of nitrogens with one attached hydrogen (secondary N) is 1. The van der Waals surface area contributed by atoms with Crippen LogP contribution in [-0.2, 0) is 13.1 Å². The molecule has 5 heteroatoms. The summed E-state index contributed by atoms with van der Waals surface area (Å²) in [4.78, 5) is 14.2. The molecule has 0 saturated carbocycles. The quantitative estimate of drug-likeness (QED) is 0.713. The van der Waals surface area contributed by atoms with E-state index in [0.29, 0.717) is 0 Å². The first-order valence-electron chi connectivity index (χ1n) is 9.91. The van der Waals surface area contributed by atoms with Crippen molar-refractivity contribution in [1.82, 2.24) is 14.9 Å². The molecular formula is C23H27N5. The van der Waals surface area contributed by atoms with Crippen LogP contribution in [-0.4, -0.2) is 41.0 Å². The predicted molar refractivity (Wildman–Crippen MR) is 114 cm³/mol. The molecule has 3 aromatic rings. The third-order valence-corrected chi connectivity index (χ3v) is 5.06. The molecule has 2 heterocycles. The van der Waals surface area contributed by atoms with Crippen molar-refractivity contribution in [2.24, 2.45) is 0 Å². The molecule has 0 amide bonds. The first-order chi connectivity index (χ1) is 13.8. The highest BCUT2D eigenvalue weighted by Gasteiger charge is 2.19. The summed E-state index contributed by atoms with van der Waals surface area (Å²) >= 11 is 0. The maximum absolute atomic E-state index is 4.77. The van der Waals surface area contributed by atoms with E-state index in [0.717, 1.165) is 56.7 Å². The van der Waals surface area contributed by atoms with Crippen LogP contribution in [0.3, 0.4) is 0 Å². The van der Waals surface area contributed by atoms with Crippen molar-refractivity contribution in [3.63, 3.8) is 0 Å². The van der Waals surface area contributed by atoms with Gasteiger partial charge in [0.1, 0.15) is 5.82 Å². The number of aromatic nitrogens is 2. The fourth-order valence-electron chi connectivity index (χ4n) is 3.52. The second-order valence-electron chi connectivity index (χ2n) is 7.28. The van der Waals surface area contributed by atoms with Gasteiger partial charge in [-0.2, -0.15) is 4.98 Å². The van der Waals surface area contributed by atoms with Gasteiger partial charge >= 0.3 is 0 Å². The molecule has 0 spiro atoms. The Hall–Kier alpha value is -2.92. The molecule has 1 N–H and O–H groups in total. The number of aryl methyl sites for hydroxylation is 1. The molecule has 1 fully saturated rings. The van der Waals surface area contributed by atoms with Crippen molar-refractivity contribution in [2.75, 3.05) is 36.4 Å². The molecule has 0 radical (unpaired) electrons. The summed E-state index contributed by atoms with van der Waals surface area (Å²) in [7, 11) is 0. The van der Waals surface area contributed by atoms with Crippen LogP contribution >= 0.6 is 0 Å². The lowest BCUT2D eigenvalue weighted by Crippen LogP contribution is -2.46. The third-order valence-electron chi connectivity index (χ3n) is 5.06. The van der Waals surface area contributed by atoms with Crippen molar-refractivity contribution in [3.05, 3.63) is 83.6 Å². The van der Waals surface area contributed by atoms with Crippen LogP contribution in [0, 0.1) is 6.92 Å². The van der Waals surface area contributed by atoms with E-state index < -0.39 is 0 Å². The van der Waals surface area contributed by atoms with E-state index in [9.17, 15) is 0 Å². The lowest BCUT2D eigenvalue weighted by Gasteiger charge is -2.35. The first kappa shape index (κ1) is 18.4. The van der Waals surface area contributed by atoms with E-state index in [2.05, 4.69) is 74.7 Å². The van der Waals surface area contributed by atoms with Gasteiger partial charge in [0.15, 0.2) is 0 Å². The summed E-state index contributed by atoms with van der Waals surface area (Å²) in [6.45, 7) is 7.76. The number of piperazine rings is 1. The highest BCUT2D eigenvalue weighted by molar-refractivity contribution is 5.44. The van der Waals surface area contributed by atoms with E-state index in [1.807, 2.05) is 19.1 Å². The summed E-state index contributed by atoms with van der Waals surface area (Å²) in [6.07, 6.45) is 0. The summed E-state index contributed by atoms with van der Waals surface area (Å²) < 4.78 is 0. The fourth-order valence-corrected chi connectivity index (χ4v) is 3.52. The third kappa shape index (κ3) is 4.87. The van der Waals surface area contributed by atoms with E-state index in [-0.39, 0.29) is 0 Å². The molecule has 1 aromatic heterocycles. The Morgan fingerprint density at radius 2 is 1.46 bits per heavy atom. The predicted octanol–water partition coefficient (Wildman–Crippen LogP) is 3.72. The monoisotopic (exact) mass is 373 g/mol. The number of rotatable bonds is 6. The van der Waals surface area contributed by atoms with Gasteiger partial charge in [-0.1, -0.05) is 60.7 Å². The molecule has 1 saturated heterocycles. The van der Waals surface area contributed by atoms with Crippen LogP contribution in [0.5, 0.6) is 0 Å². The van der Waals surface area contributed by atoms with E-state index in [1.165, 1.54) is 11.1 Å². The first-order valence-corrected chi connectivity index (χ1v) is 9.91. The second kappa shape index (κ2) is 8.85. The average Bonchev–Trinajstić information content (AvgIpc) is 2.74. The number of anilines is 2. The fraction of sp³-hybridized carbons (Fsp3) is 0.304. The van der Waals surface area contributed by atoms with Crippen LogP contribution in [0.4, 0.5) is 11.8 Å². The van der Waals surface area contributed by atoms with Gasteiger partial charge in [-0.05, 0) is 18.1 Å². The van der Waals surface area contributed by atoms with Crippen LogP contribution < -0.4 is 10.2 Å². The van der Waals surface area contributed by atoms with Gasteiger partial charge in [0.2, 0.25) is 5.95 Å². The lowest BCUT2D eigenvalue weighted by atomic mass is 10.2. The summed E-state index contributed by atoms with van der Waals surface area (Å²) in [5, 5.41) is 3.43. The highest BCUT2D eigenvalue weighted by Crippen LogP contribution is 2.17. The molecule has 0 bridgehead atoms. The van der Waals surface area contributed by atoms with Gasteiger partial charge in [0.05, 0.1) is 0 Å². The zero-order valence-corrected chi connectivity index (χ0v) is 16.4. The molecule has 5 nitrogen and oxygen atoms in total. The summed E-state index contributed by atoms with van der Waals surface area (Å²) in [6, 6.07) is 23.1. The topological polar surface area (TPSA) is 44.3 Å². The number of nitrogens with zero attached hydrogens (tertiary/aromatic N) is 4. The van der Waals surface area contributed by atoms with Gasteiger partial charge in [-0.3, -0.25) is 4.90 Å². The molecule has 28 heavy (non-hydrogen) atoms. The maximum atomic E-state index is 4.77. The van der Waals surface area contributed by atoms with Gasteiger partial charge in [0, 0.05) is 51.0 Å². The number of hydrogen-bond donors (Lipinski definition) is 1. The number of hydrogen-bond acceptors (Lipinski definition) is 5. The zero-order chi connectivity index (χ0) is 19.2. The van der Waals surface area contributed by atoms with Crippen LogP contribution in [0.2, 0.25) is 0 Å². The van der Waals surface area contributed by atoms with E-state index in [4.69, 9.17) is 4.98 Å². The smallest absolute Gasteiger partial charge is 0.227 e. The Balaban J connectivity index is 1.36. The van der Waals surface area contributed by atoms with Crippen LogP contribution in [0.15, 0.2) is 66.7 Å². The van der Waals surface area contributed by atoms with E-state index >= 15 is 0 Å². The minimum absolute atomic E-state index is 0.765. The Morgan fingerprint density at radius 3 is 2.14 bits per heavy atom. The molecule has 0 atom stereocenters. The Morgan fingerprint density at radius 1 is 0.821 bits per heavy atom. The van der Waals surface area contributed by atoms with Gasteiger partial charge in [-0.25, -0.2) is 4.98 Å². The molecule has 0 unspecified atom stereocenters. The van der Waals surface area contributed by atoms with Gasteiger partial charge in [-0.15, -0.1) is 0 Å². The standard InChI is InChI=1S/C23H27N5/c1-19-16-22(24-17-20-8-4-2-5-9-20)26-23(25-19)28-14-12-27(13-15-28)18-21-10-6-3-7-11-21/h2-11,16H,12-15,17-18H2,1H3,(H,24,25,26). The SMILES string of the molecule is Cc1cc(NCc2ccccc2)nc(N2CCN(Cc3ccccc3)CC2)n1. The summed E-state index contributed by atoms with van der Waals surface area (Å²) in [5.74, 6) is 1.72. The van der Waals surface area contributed by atoms with Crippen molar-refractivity contribution >= 4 is 11.8 Å².